The number of nitrogens with zero attached hydrogens (tertiary/aromatic N) is 1. The number of aliphatic hydroxyl groups is 1. The highest BCUT2D eigenvalue weighted by atomic mass is 16.5. The Morgan fingerprint density at radius 1 is 1.20 bits per heavy atom. The molecule has 1 fully saturated rings. The first kappa shape index (κ1) is 17.5. The van der Waals surface area contributed by atoms with Gasteiger partial charge in [0, 0.05) is 25.7 Å². The smallest absolute Gasteiger partial charge is 0.317 e. The van der Waals surface area contributed by atoms with Gasteiger partial charge >= 0.3 is 6.03 Å². The Morgan fingerprint density at radius 2 is 1.96 bits per heavy atom. The minimum Gasteiger partial charge on any atom is -0.497 e. The Bertz CT molecular complexity index is 728. The molecule has 5 heteroatoms. The molecule has 1 saturated carbocycles. The van der Waals surface area contributed by atoms with E-state index in [1.54, 1.807) is 7.11 Å². The number of ether oxygens (including phenoxy) is 1. The number of carbonyl (C=O) groups excluding carboxylic acids is 1. The molecule has 1 aliphatic carbocycles. The van der Waals surface area contributed by atoms with E-state index in [-0.39, 0.29) is 12.6 Å². The van der Waals surface area contributed by atoms with Crippen molar-refractivity contribution in [3.63, 3.8) is 0 Å². The maximum atomic E-state index is 12.5. The monoisotopic (exact) mass is 342 g/mol. The third-order valence-electron chi connectivity index (χ3n) is 4.61. The molecule has 0 aromatic heterocycles. The van der Waals surface area contributed by atoms with E-state index in [4.69, 9.17) is 9.84 Å². The van der Waals surface area contributed by atoms with Gasteiger partial charge in [-0.3, -0.25) is 0 Å². The van der Waals surface area contributed by atoms with Gasteiger partial charge in [-0.05, 0) is 60.2 Å². The summed E-state index contributed by atoms with van der Waals surface area (Å²) in [5.41, 5.74) is 1.08. The average molecular weight is 342 g/mol. The van der Waals surface area contributed by atoms with Crippen molar-refractivity contribution in [3.05, 3.63) is 42.0 Å². The number of benzene rings is 2. The van der Waals surface area contributed by atoms with Crippen LogP contribution in [0.5, 0.6) is 5.75 Å². The highest BCUT2D eigenvalue weighted by Crippen LogP contribution is 2.27. The number of carbonyl (C=O) groups is 1. The van der Waals surface area contributed by atoms with Crippen molar-refractivity contribution >= 4 is 16.8 Å². The van der Waals surface area contributed by atoms with E-state index in [1.165, 1.54) is 0 Å². The second-order valence-electron chi connectivity index (χ2n) is 6.56. The van der Waals surface area contributed by atoms with Gasteiger partial charge in [-0.25, -0.2) is 4.79 Å². The first-order valence-electron chi connectivity index (χ1n) is 8.93. The van der Waals surface area contributed by atoms with Crippen molar-refractivity contribution in [2.45, 2.75) is 38.3 Å². The standard InChI is InChI=1S/C20H26N2O3/c1-25-19-9-6-16-12-15(4-5-17(16)13-19)14-21-20(24)22(18-7-8-18)10-2-3-11-23/h4-6,9,12-13,18,23H,2-3,7-8,10-11,14H2,1H3,(H,21,24). The van der Waals surface area contributed by atoms with Gasteiger partial charge in [0.15, 0.2) is 0 Å². The predicted molar refractivity (Wildman–Crippen MR) is 98.8 cm³/mol. The third kappa shape index (κ3) is 4.63. The lowest BCUT2D eigenvalue weighted by molar-refractivity contribution is 0.190. The number of unbranched alkanes of at least 4 members (excludes halogenated alkanes) is 1. The molecule has 0 spiro atoms. The third-order valence-corrected chi connectivity index (χ3v) is 4.61. The lowest BCUT2D eigenvalue weighted by Gasteiger charge is -2.22. The summed E-state index contributed by atoms with van der Waals surface area (Å²) >= 11 is 0. The molecule has 0 radical (unpaired) electrons. The Labute approximate surface area is 148 Å². The number of nitrogens with one attached hydrogen (secondary N) is 1. The fraction of sp³-hybridized carbons (Fsp3) is 0.450. The fourth-order valence-electron chi connectivity index (χ4n) is 3.02. The molecule has 2 aromatic rings. The van der Waals surface area contributed by atoms with Gasteiger partial charge < -0.3 is 20.1 Å². The van der Waals surface area contributed by atoms with Crippen LogP contribution in [0.15, 0.2) is 36.4 Å². The summed E-state index contributed by atoms with van der Waals surface area (Å²) in [4.78, 5) is 14.4. The normalized spacial score (nSPS) is 13.7. The van der Waals surface area contributed by atoms with Crippen LogP contribution < -0.4 is 10.1 Å². The van der Waals surface area contributed by atoms with Crippen LogP contribution in [0.4, 0.5) is 4.79 Å². The molecule has 2 amide bonds. The zero-order valence-electron chi connectivity index (χ0n) is 14.7. The van der Waals surface area contributed by atoms with E-state index in [1.807, 2.05) is 29.2 Å². The minimum absolute atomic E-state index is 0.00438. The van der Waals surface area contributed by atoms with E-state index in [9.17, 15) is 4.79 Å². The number of methoxy groups -OCH3 is 1. The van der Waals surface area contributed by atoms with Crippen LogP contribution in [0.1, 0.15) is 31.2 Å². The molecule has 2 aromatic carbocycles. The van der Waals surface area contributed by atoms with Crippen LogP contribution in [-0.2, 0) is 6.54 Å². The summed E-state index contributed by atoms with van der Waals surface area (Å²) in [5, 5.41) is 14.2. The second kappa shape index (κ2) is 8.21. The Morgan fingerprint density at radius 3 is 2.68 bits per heavy atom. The van der Waals surface area contributed by atoms with Gasteiger partial charge in [-0.2, -0.15) is 0 Å². The lowest BCUT2D eigenvalue weighted by Crippen LogP contribution is -2.41. The first-order valence-corrected chi connectivity index (χ1v) is 8.93. The van der Waals surface area contributed by atoms with Crippen molar-refractivity contribution in [3.8, 4) is 5.75 Å². The van der Waals surface area contributed by atoms with E-state index in [0.717, 1.165) is 47.8 Å². The Balaban J connectivity index is 1.59. The summed E-state index contributed by atoms with van der Waals surface area (Å²) in [7, 11) is 1.66. The van der Waals surface area contributed by atoms with Crippen molar-refractivity contribution in [1.29, 1.82) is 0 Å². The zero-order valence-corrected chi connectivity index (χ0v) is 14.7. The van der Waals surface area contributed by atoms with Gasteiger partial charge in [0.2, 0.25) is 0 Å². The molecule has 1 aliphatic rings. The summed E-state index contributed by atoms with van der Waals surface area (Å²) in [6.45, 7) is 1.42. The zero-order chi connectivity index (χ0) is 17.6. The number of rotatable bonds is 8. The molecule has 0 saturated heterocycles. The van der Waals surface area contributed by atoms with Crippen LogP contribution in [0.2, 0.25) is 0 Å². The van der Waals surface area contributed by atoms with Crippen molar-refractivity contribution in [1.82, 2.24) is 10.2 Å². The molecule has 0 atom stereocenters. The molecule has 0 heterocycles. The molecule has 2 N–H and O–H groups in total. The van der Waals surface area contributed by atoms with Gasteiger partial charge in [0.05, 0.1) is 7.11 Å². The lowest BCUT2D eigenvalue weighted by atomic mass is 10.1. The fourth-order valence-corrected chi connectivity index (χ4v) is 3.02. The number of hydrogen-bond donors (Lipinski definition) is 2. The number of amides is 2. The van der Waals surface area contributed by atoms with Crippen LogP contribution in [-0.4, -0.2) is 42.3 Å². The van der Waals surface area contributed by atoms with Gasteiger partial charge in [-0.15, -0.1) is 0 Å². The van der Waals surface area contributed by atoms with Gasteiger partial charge in [0.25, 0.3) is 0 Å². The number of urea groups is 1. The topological polar surface area (TPSA) is 61.8 Å². The molecule has 0 aliphatic heterocycles. The maximum absolute atomic E-state index is 12.5. The summed E-state index contributed by atoms with van der Waals surface area (Å²) in [6.07, 6.45) is 3.76. The molecular formula is C20H26N2O3. The molecule has 0 unspecified atom stereocenters. The Kier molecular flexibility index (Phi) is 5.76. The van der Waals surface area contributed by atoms with Gasteiger partial charge in [0.1, 0.15) is 5.75 Å². The summed E-state index contributed by atoms with van der Waals surface area (Å²) in [5.74, 6) is 0.844. The predicted octanol–water partition coefficient (Wildman–Crippen LogP) is 3.29. The number of aliphatic hydroxyl groups excluding tert-OH is 1. The van der Waals surface area contributed by atoms with E-state index < -0.39 is 0 Å². The van der Waals surface area contributed by atoms with E-state index >= 15 is 0 Å². The van der Waals surface area contributed by atoms with Crippen LogP contribution in [0.3, 0.4) is 0 Å². The van der Waals surface area contributed by atoms with Crippen LogP contribution >= 0.6 is 0 Å². The quantitative estimate of drug-likeness (QED) is 0.724. The molecule has 5 nitrogen and oxygen atoms in total. The van der Waals surface area contributed by atoms with E-state index in [2.05, 4.69) is 17.4 Å². The SMILES string of the molecule is COc1ccc2cc(CNC(=O)N(CCCCO)C3CC3)ccc2c1. The largest absolute Gasteiger partial charge is 0.497 e. The summed E-state index contributed by atoms with van der Waals surface area (Å²) < 4.78 is 5.25. The van der Waals surface area contributed by atoms with E-state index in [0.29, 0.717) is 19.1 Å². The number of hydrogen-bond acceptors (Lipinski definition) is 3. The van der Waals surface area contributed by atoms with Crippen molar-refractivity contribution in [2.75, 3.05) is 20.3 Å². The van der Waals surface area contributed by atoms with Crippen LogP contribution in [0.25, 0.3) is 10.8 Å². The van der Waals surface area contributed by atoms with Gasteiger partial charge in [-0.1, -0.05) is 18.2 Å². The molecule has 3 rings (SSSR count). The average Bonchev–Trinajstić information content (AvgIpc) is 3.47. The first-order chi connectivity index (χ1) is 12.2. The molecule has 134 valence electrons. The molecule has 0 bridgehead atoms. The Hall–Kier alpha value is -2.27. The maximum Gasteiger partial charge on any atom is 0.317 e. The minimum atomic E-state index is -0.00438. The number of fused-ring (bicyclic) bond motifs is 1. The molecule has 25 heavy (non-hydrogen) atoms. The van der Waals surface area contributed by atoms with Crippen LogP contribution in [0, 0.1) is 0 Å². The highest BCUT2D eigenvalue weighted by Gasteiger charge is 2.31. The highest BCUT2D eigenvalue weighted by molar-refractivity contribution is 5.84. The molecular weight excluding hydrogens is 316 g/mol. The van der Waals surface area contributed by atoms with Crippen molar-refractivity contribution < 1.29 is 14.6 Å². The summed E-state index contributed by atoms with van der Waals surface area (Å²) in [6, 6.07) is 12.5. The second-order valence-corrected chi connectivity index (χ2v) is 6.56. The van der Waals surface area contributed by atoms with Crippen molar-refractivity contribution in [2.24, 2.45) is 0 Å².